The van der Waals surface area contributed by atoms with Gasteiger partial charge in [-0.1, -0.05) is 6.07 Å². The van der Waals surface area contributed by atoms with Crippen LogP contribution in [0.4, 0.5) is 8.78 Å². The first-order chi connectivity index (χ1) is 8.95. The van der Waals surface area contributed by atoms with E-state index in [-0.39, 0.29) is 36.1 Å². The van der Waals surface area contributed by atoms with Crippen molar-refractivity contribution in [3.8, 4) is 0 Å². The van der Waals surface area contributed by atoms with Crippen LogP contribution in [0.5, 0.6) is 0 Å². The van der Waals surface area contributed by atoms with Crippen LogP contribution in [-0.4, -0.2) is 23.7 Å². The van der Waals surface area contributed by atoms with Crippen molar-refractivity contribution < 1.29 is 28.2 Å². The van der Waals surface area contributed by atoms with Gasteiger partial charge in [-0.15, -0.1) is 0 Å². The SMILES string of the molecule is CCOC(=O)CCc1cc(C(=O)O)ccc1C(F)F. The van der Waals surface area contributed by atoms with Gasteiger partial charge in [-0.2, -0.15) is 0 Å². The molecule has 0 heterocycles. The molecule has 19 heavy (non-hydrogen) atoms. The molecule has 0 amide bonds. The zero-order valence-electron chi connectivity index (χ0n) is 10.4. The van der Waals surface area contributed by atoms with Gasteiger partial charge in [0.05, 0.1) is 12.2 Å². The van der Waals surface area contributed by atoms with E-state index in [0.717, 1.165) is 12.1 Å². The molecule has 0 spiro atoms. The van der Waals surface area contributed by atoms with E-state index in [2.05, 4.69) is 0 Å². The van der Waals surface area contributed by atoms with Gasteiger partial charge in [0.15, 0.2) is 0 Å². The minimum absolute atomic E-state index is 0.0274. The molecule has 0 atom stereocenters. The van der Waals surface area contributed by atoms with E-state index in [0.29, 0.717) is 0 Å². The highest BCUT2D eigenvalue weighted by Crippen LogP contribution is 2.25. The fourth-order valence-corrected chi connectivity index (χ4v) is 1.64. The van der Waals surface area contributed by atoms with Crippen molar-refractivity contribution in [3.05, 3.63) is 34.9 Å². The molecule has 6 heteroatoms. The zero-order chi connectivity index (χ0) is 14.4. The number of hydrogen-bond acceptors (Lipinski definition) is 3. The summed E-state index contributed by atoms with van der Waals surface area (Å²) in [6.07, 6.45) is -2.74. The number of halogens is 2. The number of rotatable bonds is 6. The van der Waals surface area contributed by atoms with Crippen molar-refractivity contribution in [2.45, 2.75) is 26.2 Å². The number of carbonyl (C=O) groups excluding carboxylic acids is 1. The molecule has 0 fully saturated rings. The van der Waals surface area contributed by atoms with E-state index in [4.69, 9.17) is 9.84 Å². The number of ether oxygens (including phenoxy) is 1. The summed E-state index contributed by atoms with van der Waals surface area (Å²) in [6.45, 7) is 1.86. The summed E-state index contributed by atoms with van der Waals surface area (Å²) in [6, 6.07) is 3.37. The third-order valence-corrected chi connectivity index (χ3v) is 2.53. The first-order valence-corrected chi connectivity index (χ1v) is 5.75. The molecule has 1 N–H and O–H groups in total. The summed E-state index contributed by atoms with van der Waals surface area (Å²) in [5.41, 5.74) is -0.180. The molecule has 1 rings (SSSR count). The molecule has 0 aromatic heterocycles. The smallest absolute Gasteiger partial charge is 0.335 e. The number of carbonyl (C=O) groups is 2. The van der Waals surface area contributed by atoms with Crippen molar-refractivity contribution >= 4 is 11.9 Å². The minimum Gasteiger partial charge on any atom is -0.478 e. The van der Waals surface area contributed by atoms with Crippen LogP contribution in [0.15, 0.2) is 18.2 Å². The van der Waals surface area contributed by atoms with Crippen LogP contribution in [0.1, 0.15) is 41.3 Å². The second kappa shape index (κ2) is 6.82. The number of benzene rings is 1. The van der Waals surface area contributed by atoms with Crippen LogP contribution in [-0.2, 0) is 16.0 Å². The van der Waals surface area contributed by atoms with Crippen LogP contribution in [0.25, 0.3) is 0 Å². The highest BCUT2D eigenvalue weighted by molar-refractivity contribution is 5.88. The molecule has 0 unspecified atom stereocenters. The number of aromatic carboxylic acids is 1. The van der Waals surface area contributed by atoms with Gasteiger partial charge in [-0.05, 0) is 31.0 Å². The van der Waals surface area contributed by atoms with Crippen LogP contribution in [0, 0.1) is 0 Å². The van der Waals surface area contributed by atoms with Gasteiger partial charge in [-0.3, -0.25) is 4.79 Å². The van der Waals surface area contributed by atoms with E-state index >= 15 is 0 Å². The number of carboxylic acid groups (broad SMARTS) is 1. The average molecular weight is 272 g/mol. The molecule has 104 valence electrons. The van der Waals surface area contributed by atoms with E-state index in [1.165, 1.54) is 6.07 Å². The van der Waals surface area contributed by atoms with Crippen molar-refractivity contribution in [3.63, 3.8) is 0 Å². The largest absolute Gasteiger partial charge is 0.478 e. The Morgan fingerprint density at radius 1 is 1.37 bits per heavy atom. The van der Waals surface area contributed by atoms with Crippen LogP contribution in [0.3, 0.4) is 0 Å². The summed E-state index contributed by atoms with van der Waals surface area (Å²) >= 11 is 0. The predicted octanol–water partition coefficient (Wildman–Crippen LogP) is 2.82. The second-order valence-corrected chi connectivity index (χ2v) is 3.82. The quantitative estimate of drug-likeness (QED) is 0.809. The van der Waals surface area contributed by atoms with Gasteiger partial charge in [-0.25, -0.2) is 13.6 Å². The molecular weight excluding hydrogens is 258 g/mol. The molecule has 0 aliphatic heterocycles. The maximum Gasteiger partial charge on any atom is 0.335 e. The monoisotopic (exact) mass is 272 g/mol. The number of aryl methyl sites for hydroxylation is 1. The third-order valence-electron chi connectivity index (χ3n) is 2.53. The fraction of sp³-hybridized carbons (Fsp3) is 0.385. The molecule has 0 aliphatic rings. The van der Waals surface area contributed by atoms with Gasteiger partial charge >= 0.3 is 11.9 Å². The summed E-state index contributed by atoms with van der Waals surface area (Å²) < 4.78 is 30.2. The average Bonchev–Trinajstić information content (AvgIpc) is 2.36. The van der Waals surface area contributed by atoms with Gasteiger partial charge < -0.3 is 9.84 Å². The predicted molar refractivity (Wildman–Crippen MR) is 63.3 cm³/mol. The molecule has 0 radical (unpaired) electrons. The standard InChI is InChI=1S/C13H14F2O4/c1-2-19-11(16)6-4-8-7-9(13(17)18)3-5-10(8)12(14)15/h3,5,7,12H,2,4,6H2,1H3,(H,17,18). The molecule has 1 aromatic rings. The summed E-state index contributed by atoms with van der Waals surface area (Å²) in [5.74, 6) is -1.69. The van der Waals surface area contributed by atoms with Crippen LogP contribution < -0.4 is 0 Å². The fourth-order valence-electron chi connectivity index (χ4n) is 1.64. The Morgan fingerprint density at radius 3 is 2.58 bits per heavy atom. The van der Waals surface area contributed by atoms with E-state index in [9.17, 15) is 18.4 Å². The molecule has 0 bridgehead atoms. The van der Waals surface area contributed by atoms with Gasteiger partial charge in [0.2, 0.25) is 0 Å². The van der Waals surface area contributed by atoms with Crippen LogP contribution >= 0.6 is 0 Å². The lowest BCUT2D eigenvalue weighted by molar-refractivity contribution is -0.143. The first kappa shape index (κ1) is 15.1. The van der Waals surface area contributed by atoms with E-state index < -0.39 is 18.4 Å². The number of carboxylic acids is 1. The lowest BCUT2D eigenvalue weighted by atomic mass is 10.00. The third kappa shape index (κ3) is 4.31. The number of alkyl halides is 2. The number of esters is 1. The first-order valence-electron chi connectivity index (χ1n) is 5.75. The molecular formula is C13H14F2O4. The minimum atomic E-state index is -2.71. The Hall–Kier alpha value is -1.98. The maximum atomic E-state index is 12.8. The van der Waals surface area contributed by atoms with Crippen molar-refractivity contribution in [1.82, 2.24) is 0 Å². The van der Waals surface area contributed by atoms with Gasteiger partial charge in [0.25, 0.3) is 6.43 Å². The Morgan fingerprint density at radius 2 is 2.05 bits per heavy atom. The Bertz CT molecular complexity index is 472. The van der Waals surface area contributed by atoms with Crippen molar-refractivity contribution in [2.24, 2.45) is 0 Å². The lowest BCUT2D eigenvalue weighted by Gasteiger charge is -2.09. The zero-order valence-corrected chi connectivity index (χ0v) is 10.4. The lowest BCUT2D eigenvalue weighted by Crippen LogP contribution is -2.07. The van der Waals surface area contributed by atoms with Crippen molar-refractivity contribution in [2.75, 3.05) is 6.61 Å². The van der Waals surface area contributed by atoms with E-state index in [1.54, 1.807) is 6.92 Å². The maximum absolute atomic E-state index is 12.8. The van der Waals surface area contributed by atoms with Crippen LogP contribution in [0.2, 0.25) is 0 Å². The highest BCUT2D eigenvalue weighted by atomic mass is 19.3. The Balaban J connectivity index is 2.91. The summed E-state index contributed by atoms with van der Waals surface area (Å²) in [7, 11) is 0. The van der Waals surface area contributed by atoms with Crippen molar-refractivity contribution in [1.29, 1.82) is 0 Å². The second-order valence-electron chi connectivity index (χ2n) is 3.82. The Labute approximate surface area is 109 Å². The summed E-state index contributed by atoms with van der Waals surface area (Å²) in [5, 5.41) is 8.82. The molecule has 4 nitrogen and oxygen atoms in total. The molecule has 0 aliphatic carbocycles. The Kier molecular flexibility index (Phi) is 5.41. The normalized spacial score (nSPS) is 10.5. The topological polar surface area (TPSA) is 63.6 Å². The van der Waals surface area contributed by atoms with Gasteiger partial charge in [0.1, 0.15) is 0 Å². The molecule has 0 saturated heterocycles. The number of hydrogen-bond donors (Lipinski definition) is 1. The summed E-state index contributed by atoms with van der Waals surface area (Å²) in [4.78, 5) is 22.0. The van der Waals surface area contributed by atoms with Gasteiger partial charge in [0, 0.05) is 12.0 Å². The molecule has 1 aromatic carbocycles. The highest BCUT2D eigenvalue weighted by Gasteiger charge is 2.16. The molecule has 0 saturated carbocycles. The van der Waals surface area contributed by atoms with E-state index in [1.807, 2.05) is 0 Å².